The lowest BCUT2D eigenvalue weighted by Gasteiger charge is -2.32. The van der Waals surface area contributed by atoms with Crippen LogP contribution in [0.5, 0.6) is 0 Å². The summed E-state index contributed by atoms with van der Waals surface area (Å²) in [5, 5.41) is 3.87. The molecule has 3 nitrogen and oxygen atoms in total. The highest BCUT2D eigenvalue weighted by molar-refractivity contribution is 6.30. The quantitative estimate of drug-likeness (QED) is 0.851. The number of carbonyl (C=O) groups excluding carboxylic acids is 1. The summed E-state index contributed by atoms with van der Waals surface area (Å²) in [6.45, 7) is 3.47. The number of likely N-dealkylation sites (tertiary alicyclic amines) is 1. The molecule has 3 rings (SSSR count). The van der Waals surface area contributed by atoms with Crippen molar-refractivity contribution in [3.05, 3.63) is 70.7 Å². The Kier molecular flexibility index (Phi) is 6.48. The third-order valence-corrected chi connectivity index (χ3v) is 5.00. The van der Waals surface area contributed by atoms with Gasteiger partial charge in [-0.15, -0.1) is 0 Å². The van der Waals surface area contributed by atoms with Crippen molar-refractivity contribution in [3.8, 4) is 0 Å². The molecule has 1 atom stereocenters. The number of rotatable bonds is 6. The maximum absolute atomic E-state index is 12.5. The van der Waals surface area contributed by atoms with Gasteiger partial charge in [0, 0.05) is 24.7 Å². The van der Waals surface area contributed by atoms with Crippen molar-refractivity contribution in [2.24, 2.45) is 5.92 Å². The van der Waals surface area contributed by atoms with Gasteiger partial charge in [0.15, 0.2) is 0 Å². The third kappa shape index (κ3) is 5.58. The standard InChI is InChI=1S/C21H25ClN2O/c22-20-10-8-18(9-11-20)15-24-14-4-7-19(16-24)21(25)23-13-12-17-5-2-1-3-6-17/h1-3,5-6,8-11,19H,4,7,12-16H2,(H,23,25)/t19-/m1/s1. The topological polar surface area (TPSA) is 32.3 Å². The summed E-state index contributed by atoms with van der Waals surface area (Å²) >= 11 is 5.95. The lowest BCUT2D eigenvalue weighted by Crippen LogP contribution is -2.43. The number of benzene rings is 2. The van der Waals surface area contributed by atoms with E-state index in [0.29, 0.717) is 6.54 Å². The highest BCUT2D eigenvalue weighted by Gasteiger charge is 2.25. The maximum Gasteiger partial charge on any atom is 0.224 e. The van der Waals surface area contributed by atoms with Crippen LogP contribution in [0.2, 0.25) is 5.02 Å². The van der Waals surface area contributed by atoms with Crippen LogP contribution in [0.15, 0.2) is 54.6 Å². The fourth-order valence-corrected chi connectivity index (χ4v) is 3.51. The molecular weight excluding hydrogens is 332 g/mol. The maximum atomic E-state index is 12.5. The first-order valence-electron chi connectivity index (χ1n) is 8.99. The molecule has 0 saturated carbocycles. The van der Waals surface area contributed by atoms with E-state index in [9.17, 15) is 4.79 Å². The van der Waals surface area contributed by atoms with E-state index in [1.54, 1.807) is 0 Å². The lowest BCUT2D eigenvalue weighted by atomic mass is 9.96. The predicted octanol–water partition coefficient (Wildman–Crippen LogP) is 3.91. The van der Waals surface area contributed by atoms with Crippen molar-refractivity contribution in [1.82, 2.24) is 10.2 Å². The van der Waals surface area contributed by atoms with E-state index in [-0.39, 0.29) is 11.8 Å². The Morgan fingerprint density at radius 1 is 1.08 bits per heavy atom. The molecule has 0 radical (unpaired) electrons. The minimum Gasteiger partial charge on any atom is -0.355 e. The van der Waals surface area contributed by atoms with Crippen LogP contribution in [0.3, 0.4) is 0 Å². The van der Waals surface area contributed by atoms with Crippen LogP contribution < -0.4 is 5.32 Å². The van der Waals surface area contributed by atoms with Gasteiger partial charge in [0.2, 0.25) is 5.91 Å². The molecule has 1 saturated heterocycles. The first-order valence-corrected chi connectivity index (χ1v) is 9.37. The highest BCUT2D eigenvalue weighted by Crippen LogP contribution is 2.19. The van der Waals surface area contributed by atoms with Gasteiger partial charge < -0.3 is 5.32 Å². The Labute approximate surface area is 155 Å². The second-order valence-electron chi connectivity index (χ2n) is 6.73. The third-order valence-electron chi connectivity index (χ3n) is 4.75. The molecule has 0 unspecified atom stereocenters. The minimum absolute atomic E-state index is 0.0943. The number of nitrogens with zero attached hydrogens (tertiary/aromatic N) is 1. The van der Waals surface area contributed by atoms with E-state index in [4.69, 9.17) is 11.6 Å². The van der Waals surface area contributed by atoms with Gasteiger partial charge in [-0.1, -0.05) is 54.1 Å². The zero-order valence-corrected chi connectivity index (χ0v) is 15.2. The normalized spacial score (nSPS) is 18.0. The van der Waals surface area contributed by atoms with E-state index in [1.165, 1.54) is 11.1 Å². The van der Waals surface area contributed by atoms with Gasteiger partial charge in [-0.25, -0.2) is 0 Å². The van der Waals surface area contributed by atoms with E-state index < -0.39 is 0 Å². The number of halogens is 1. The Morgan fingerprint density at radius 2 is 1.84 bits per heavy atom. The largest absolute Gasteiger partial charge is 0.355 e. The molecular formula is C21H25ClN2O. The summed E-state index contributed by atoms with van der Waals surface area (Å²) < 4.78 is 0. The number of hydrogen-bond acceptors (Lipinski definition) is 2. The van der Waals surface area contributed by atoms with E-state index in [0.717, 1.165) is 43.9 Å². The highest BCUT2D eigenvalue weighted by atomic mass is 35.5. The van der Waals surface area contributed by atoms with Crippen LogP contribution in [0, 0.1) is 5.92 Å². The molecule has 0 bridgehead atoms. The molecule has 1 N–H and O–H groups in total. The van der Waals surface area contributed by atoms with Gasteiger partial charge in [0.05, 0.1) is 5.92 Å². The molecule has 25 heavy (non-hydrogen) atoms. The van der Waals surface area contributed by atoms with Gasteiger partial charge >= 0.3 is 0 Å². The predicted molar refractivity (Wildman–Crippen MR) is 103 cm³/mol. The second-order valence-corrected chi connectivity index (χ2v) is 7.16. The molecule has 0 aliphatic carbocycles. The molecule has 2 aromatic rings. The van der Waals surface area contributed by atoms with Crippen LogP contribution in [-0.4, -0.2) is 30.4 Å². The first-order chi connectivity index (χ1) is 12.2. The van der Waals surface area contributed by atoms with Crippen LogP contribution in [0.1, 0.15) is 24.0 Å². The number of amides is 1. The van der Waals surface area contributed by atoms with E-state index in [2.05, 4.69) is 34.5 Å². The van der Waals surface area contributed by atoms with E-state index >= 15 is 0 Å². The van der Waals surface area contributed by atoms with E-state index in [1.807, 2.05) is 30.3 Å². The van der Waals surface area contributed by atoms with Crippen molar-refractivity contribution in [2.75, 3.05) is 19.6 Å². The molecule has 1 aliphatic heterocycles. The van der Waals surface area contributed by atoms with Crippen LogP contribution in [0.4, 0.5) is 0 Å². The molecule has 0 spiro atoms. The van der Waals surface area contributed by atoms with Crippen LogP contribution in [-0.2, 0) is 17.8 Å². The Bertz CT molecular complexity index is 672. The van der Waals surface area contributed by atoms with Gasteiger partial charge in [0.1, 0.15) is 0 Å². The summed E-state index contributed by atoms with van der Waals surface area (Å²) in [7, 11) is 0. The van der Waals surface area contributed by atoms with Crippen LogP contribution in [0.25, 0.3) is 0 Å². The van der Waals surface area contributed by atoms with Crippen molar-refractivity contribution in [2.45, 2.75) is 25.8 Å². The molecule has 2 aromatic carbocycles. The van der Waals surface area contributed by atoms with Gasteiger partial charge in [0.25, 0.3) is 0 Å². The minimum atomic E-state index is 0.0943. The molecule has 1 amide bonds. The molecule has 4 heteroatoms. The second kappa shape index (κ2) is 9.02. The first kappa shape index (κ1) is 18.0. The number of hydrogen-bond donors (Lipinski definition) is 1. The Balaban J connectivity index is 1.45. The van der Waals surface area contributed by atoms with Crippen molar-refractivity contribution in [3.63, 3.8) is 0 Å². The van der Waals surface area contributed by atoms with Gasteiger partial charge in [-0.3, -0.25) is 9.69 Å². The lowest BCUT2D eigenvalue weighted by molar-refractivity contribution is -0.126. The summed E-state index contributed by atoms with van der Waals surface area (Å²) in [6.07, 6.45) is 2.94. The summed E-state index contributed by atoms with van der Waals surface area (Å²) in [5.74, 6) is 0.286. The van der Waals surface area contributed by atoms with Crippen LogP contribution >= 0.6 is 11.6 Å². The molecule has 1 fully saturated rings. The zero-order chi connectivity index (χ0) is 17.5. The van der Waals surface area contributed by atoms with Crippen molar-refractivity contribution < 1.29 is 4.79 Å². The monoisotopic (exact) mass is 356 g/mol. The van der Waals surface area contributed by atoms with Gasteiger partial charge in [-0.05, 0) is 49.1 Å². The van der Waals surface area contributed by atoms with Crippen molar-refractivity contribution >= 4 is 17.5 Å². The average Bonchev–Trinajstić information content (AvgIpc) is 2.65. The SMILES string of the molecule is O=C(NCCc1ccccc1)[C@@H]1CCCN(Cc2ccc(Cl)cc2)C1. The smallest absolute Gasteiger partial charge is 0.224 e. The number of carbonyl (C=O) groups is 1. The Morgan fingerprint density at radius 3 is 2.60 bits per heavy atom. The molecule has 132 valence electrons. The molecule has 1 heterocycles. The fraction of sp³-hybridized carbons (Fsp3) is 0.381. The summed E-state index contributed by atoms with van der Waals surface area (Å²) in [6, 6.07) is 18.3. The summed E-state index contributed by atoms with van der Waals surface area (Å²) in [5.41, 5.74) is 2.50. The average molecular weight is 357 g/mol. The van der Waals surface area contributed by atoms with Gasteiger partial charge in [-0.2, -0.15) is 0 Å². The number of nitrogens with one attached hydrogen (secondary N) is 1. The number of piperidine rings is 1. The molecule has 1 aliphatic rings. The summed E-state index contributed by atoms with van der Waals surface area (Å²) in [4.78, 5) is 14.8. The Hall–Kier alpha value is -1.84. The fourth-order valence-electron chi connectivity index (χ4n) is 3.38. The molecule has 0 aromatic heterocycles. The van der Waals surface area contributed by atoms with Crippen molar-refractivity contribution in [1.29, 1.82) is 0 Å². The zero-order valence-electron chi connectivity index (χ0n) is 14.5.